The van der Waals surface area contributed by atoms with E-state index in [1.165, 1.54) is 0 Å². The number of unbranched alkanes of at least 4 members (excludes halogenated alkanes) is 2. The summed E-state index contributed by atoms with van der Waals surface area (Å²) in [6.07, 6.45) is 4.80. The van der Waals surface area contributed by atoms with E-state index < -0.39 is 5.97 Å². The fraction of sp³-hybridized carbons (Fsp3) is 0.800. The predicted octanol–water partition coefficient (Wildman–Crippen LogP) is 1.09. The van der Waals surface area contributed by atoms with Gasteiger partial charge in [-0.1, -0.05) is 12.8 Å². The van der Waals surface area contributed by atoms with Crippen LogP contribution in [0.5, 0.6) is 0 Å². The van der Waals surface area contributed by atoms with Gasteiger partial charge in [0.05, 0.1) is 0 Å². The van der Waals surface area contributed by atoms with Crippen LogP contribution in [-0.4, -0.2) is 29.7 Å². The molecule has 5 nitrogen and oxygen atoms in total. The van der Waals surface area contributed by atoms with Crippen molar-refractivity contribution in [2.75, 3.05) is 6.54 Å². The van der Waals surface area contributed by atoms with Crippen LogP contribution in [0.15, 0.2) is 0 Å². The molecule has 2 amide bonds. The third kappa shape index (κ3) is 5.24. The van der Waals surface area contributed by atoms with E-state index in [4.69, 9.17) is 5.11 Å². The van der Waals surface area contributed by atoms with Crippen molar-refractivity contribution in [3.05, 3.63) is 0 Å². The van der Waals surface area contributed by atoms with Crippen LogP contribution in [0.1, 0.15) is 38.5 Å². The minimum atomic E-state index is -0.731. The lowest BCUT2D eigenvalue weighted by Gasteiger charge is -2.24. The molecule has 0 bridgehead atoms. The van der Waals surface area contributed by atoms with E-state index in [1.54, 1.807) is 0 Å². The Morgan fingerprint density at radius 3 is 2.87 bits per heavy atom. The molecule has 1 aliphatic rings. The van der Waals surface area contributed by atoms with Crippen molar-refractivity contribution in [2.24, 2.45) is 0 Å². The molecule has 15 heavy (non-hydrogen) atoms. The zero-order valence-electron chi connectivity index (χ0n) is 8.79. The Kier molecular flexibility index (Phi) is 4.93. The Hall–Kier alpha value is -1.26. The lowest BCUT2D eigenvalue weighted by Crippen LogP contribution is -2.49. The summed E-state index contributed by atoms with van der Waals surface area (Å²) in [5.41, 5.74) is 0. The van der Waals surface area contributed by atoms with Crippen molar-refractivity contribution in [1.82, 2.24) is 10.6 Å². The molecule has 1 rings (SSSR count). The van der Waals surface area contributed by atoms with E-state index in [2.05, 4.69) is 10.6 Å². The second-order valence-electron chi connectivity index (χ2n) is 3.88. The lowest BCUT2D eigenvalue weighted by atomic mass is 10.0. The van der Waals surface area contributed by atoms with Gasteiger partial charge in [-0.2, -0.15) is 0 Å². The summed E-state index contributed by atoms with van der Waals surface area (Å²) in [7, 11) is 0. The first-order valence-corrected chi connectivity index (χ1v) is 5.44. The van der Waals surface area contributed by atoms with Gasteiger partial charge in [-0.05, 0) is 19.3 Å². The Bertz CT molecular complexity index is 231. The van der Waals surface area contributed by atoms with Gasteiger partial charge in [-0.15, -0.1) is 0 Å². The van der Waals surface area contributed by atoms with Gasteiger partial charge >= 0.3 is 12.0 Å². The molecule has 0 radical (unpaired) electrons. The summed E-state index contributed by atoms with van der Waals surface area (Å²) in [5, 5.41) is 14.0. The summed E-state index contributed by atoms with van der Waals surface area (Å²) in [4.78, 5) is 21.2. The van der Waals surface area contributed by atoms with E-state index in [9.17, 15) is 9.59 Å². The van der Waals surface area contributed by atoms with Gasteiger partial charge in [0.15, 0.2) is 0 Å². The number of urea groups is 1. The maximum Gasteiger partial charge on any atom is 0.315 e. The topological polar surface area (TPSA) is 78.4 Å². The van der Waals surface area contributed by atoms with Crippen molar-refractivity contribution < 1.29 is 14.7 Å². The fourth-order valence-corrected chi connectivity index (χ4v) is 1.73. The molecular formula is C10H18N2O3. The summed E-state index contributed by atoms with van der Waals surface area (Å²) < 4.78 is 0. The number of nitrogens with one attached hydrogen (secondary N) is 2. The first-order chi connectivity index (χ1) is 7.18. The largest absolute Gasteiger partial charge is 0.481 e. The van der Waals surface area contributed by atoms with E-state index in [-0.39, 0.29) is 18.5 Å². The number of carbonyl (C=O) groups is 2. The molecule has 0 saturated carbocycles. The van der Waals surface area contributed by atoms with Crippen LogP contribution in [0.3, 0.4) is 0 Å². The number of carbonyl (C=O) groups excluding carboxylic acids is 1. The van der Waals surface area contributed by atoms with Crippen LogP contribution in [0.2, 0.25) is 0 Å². The van der Waals surface area contributed by atoms with Crippen LogP contribution < -0.4 is 10.6 Å². The molecule has 5 heteroatoms. The van der Waals surface area contributed by atoms with Crippen molar-refractivity contribution in [3.63, 3.8) is 0 Å². The maximum atomic E-state index is 11.0. The van der Waals surface area contributed by atoms with Gasteiger partial charge in [-0.3, -0.25) is 4.79 Å². The molecule has 1 unspecified atom stereocenters. The van der Waals surface area contributed by atoms with E-state index in [0.717, 1.165) is 38.6 Å². The van der Waals surface area contributed by atoms with Crippen molar-refractivity contribution >= 4 is 12.0 Å². The molecule has 0 aliphatic carbocycles. The third-order valence-electron chi connectivity index (χ3n) is 2.56. The van der Waals surface area contributed by atoms with Gasteiger partial charge in [0.2, 0.25) is 0 Å². The fourth-order valence-electron chi connectivity index (χ4n) is 1.73. The smallest absolute Gasteiger partial charge is 0.315 e. The summed E-state index contributed by atoms with van der Waals surface area (Å²) in [5.74, 6) is -0.731. The standard InChI is InChI=1S/C10H18N2O3/c13-9(14)5-3-1-2-4-8-6-7-11-10(15)12-8/h8H,1-7H2,(H,13,14)(H2,11,12,15). The molecule has 1 heterocycles. The highest BCUT2D eigenvalue weighted by Crippen LogP contribution is 2.09. The zero-order valence-corrected chi connectivity index (χ0v) is 8.79. The Labute approximate surface area is 89.2 Å². The summed E-state index contributed by atoms with van der Waals surface area (Å²) >= 11 is 0. The molecule has 86 valence electrons. The van der Waals surface area contributed by atoms with Gasteiger partial charge in [0.1, 0.15) is 0 Å². The molecule has 1 fully saturated rings. The number of aliphatic carboxylic acids is 1. The van der Waals surface area contributed by atoms with E-state index in [1.807, 2.05) is 0 Å². The van der Waals surface area contributed by atoms with Crippen molar-refractivity contribution in [2.45, 2.75) is 44.6 Å². The molecule has 1 atom stereocenters. The van der Waals surface area contributed by atoms with Crippen LogP contribution in [0.4, 0.5) is 4.79 Å². The number of amides is 2. The SMILES string of the molecule is O=C(O)CCCCCC1CCNC(=O)N1. The summed E-state index contributed by atoms with van der Waals surface area (Å²) in [6, 6.07) is 0.181. The van der Waals surface area contributed by atoms with Gasteiger partial charge in [0, 0.05) is 19.0 Å². The van der Waals surface area contributed by atoms with Gasteiger partial charge in [-0.25, -0.2) is 4.79 Å². The third-order valence-corrected chi connectivity index (χ3v) is 2.56. The average molecular weight is 214 g/mol. The predicted molar refractivity (Wildman–Crippen MR) is 55.7 cm³/mol. The van der Waals surface area contributed by atoms with Crippen LogP contribution in [0.25, 0.3) is 0 Å². The monoisotopic (exact) mass is 214 g/mol. The highest BCUT2D eigenvalue weighted by Gasteiger charge is 2.16. The van der Waals surface area contributed by atoms with E-state index in [0.29, 0.717) is 0 Å². The molecular weight excluding hydrogens is 196 g/mol. The highest BCUT2D eigenvalue weighted by atomic mass is 16.4. The Morgan fingerprint density at radius 1 is 1.40 bits per heavy atom. The molecule has 0 aromatic carbocycles. The normalized spacial score (nSPS) is 20.5. The second kappa shape index (κ2) is 6.27. The number of hydrogen-bond donors (Lipinski definition) is 3. The number of carboxylic acid groups (broad SMARTS) is 1. The quantitative estimate of drug-likeness (QED) is 0.579. The van der Waals surface area contributed by atoms with Crippen molar-refractivity contribution in [1.29, 1.82) is 0 Å². The zero-order chi connectivity index (χ0) is 11.1. The first kappa shape index (κ1) is 11.8. The Balaban J connectivity index is 1.99. The minimum absolute atomic E-state index is 0.0863. The number of rotatable bonds is 6. The molecule has 0 spiro atoms. The van der Waals surface area contributed by atoms with Crippen LogP contribution >= 0.6 is 0 Å². The average Bonchev–Trinajstić information content (AvgIpc) is 2.17. The second-order valence-corrected chi connectivity index (χ2v) is 3.88. The van der Waals surface area contributed by atoms with Crippen molar-refractivity contribution in [3.8, 4) is 0 Å². The number of hydrogen-bond acceptors (Lipinski definition) is 2. The first-order valence-electron chi connectivity index (χ1n) is 5.44. The van der Waals surface area contributed by atoms with Crippen LogP contribution in [0, 0.1) is 0 Å². The lowest BCUT2D eigenvalue weighted by molar-refractivity contribution is -0.137. The molecule has 1 aliphatic heterocycles. The van der Waals surface area contributed by atoms with Gasteiger partial charge in [0.25, 0.3) is 0 Å². The van der Waals surface area contributed by atoms with Crippen LogP contribution in [-0.2, 0) is 4.79 Å². The number of carboxylic acids is 1. The minimum Gasteiger partial charge on any atom is -0.481 e. The molecule has 0 aromatic heterocycles. The molecule has 3 N–H and O–H groups in total. The Morgan fingerprint density at radius 2 is 2.20 bits per heavy atom. The molecule has 0 aromatic rings. The summed E-state index contributed by atoms with van der Waals surface area (Å²) in [6.45, 7) is 0.742. The molecule has 1 saturated heterocycles. The highest BCUT2D eigenvalue weighted by molar-refractivity contribution is 5.74. The maximum absolute atomic E-state index is 11.0. The van der Waals surface area contributed by atoms with Gasteiger partial charge < -0.3 is 15.7 Å². The van der Waals surface area contributed by atoms with E-state index >= 15 is 0 Å².